The van der Waals surface area contributed by atoms with E-state index in [0.29, 0.717) is 28.3 Å². The van der Waals surface area contributed by atoms with Crippen LogP contribution in [0.25, 0.3) is 0 Å². The maximum atomic E-state index is 13.4. The molecule has 0 saturated carbocycles. The van der Waals surface area contributed by atoms with Crippen molar-refractivity contribution in [2.24, 2.45) is 5.10 Å². The number of hydrogen-bond acceptors (Lipinski definition) is 5. The van der Waals surface area contributed by atoms with Gasteiger partial charge >= 0.3 is 6.18 Å². The van der Waals surface area contributed by atoms with Gasteiger partial charge in [0.1, 0.15) is 18.9 Å². The van der Waals surface area contributed by atoms with Gasteiger partial charge in [0.2, 0.25) is 0 Å². The molecule has 0 saturated heterocycles. The van der Waals surface area contributed by atoms with E-state index in [1.807, 2.05) is 30.3 Å². The van der Waals surface area contributed by atoms with E-state index in [0.717, 1.165) is 23.3 Å². The fourth-order valence-corrected chi connectivity index (χ4v) is 5.14. The minimum absolute atomic E-state index is 0.175. The van der Waals surface area contributed by atoms with Gasteiger partial charge in [-0.15, -0.1) is 0 Å². The summed E-state index contributed by atoms with van der Waals surface area (Å²) in [6.45, 7) is 1.36. The molecule has 212 valence electrons. The summed E-state index contributed by atoms with van der Waals surface area (Å²) in [6.07, 6.45) is -3.36. The Morgan fingerprint density at radius 3 is 2.27 bits per heavy atom. The highest BCUT2D eigenvalue weighted by Gasteiger charge is 2.33. The van der Waals surface area contributed by atoms with Crippen LogP contribution in [0.1, 0.15) is 22.3 Å². The number of hydrazone groups is 1. The Labute approximate surface area is 235 Å². The predicted octanol–water partition coefficient (Wildman–Crippen LogP) is 5.94. The van der Waals surface area contributed by atoms with E-state index < -0.39 is 34.2 Å². The van der Waals surface area contributed by atoms with Gasteiger partial charge in [0, 0.05) is 0 Å². The van der Waals surface area contributed by atoms with E-state index in [-0.39, 0.29) is 10.6 Å². The molecule has 1 amide bonds. The Hall–Kier alpha value is -4.64. The van der Waals surface area contributed by atoms with Crippen LogP contribution in [0.2, 0.25) is 0 Å². The van der Waals surface area contributed by atoms with Gasteiger partial charge in [-0.05, 0) is 72.6 Å². The molecule has 0 radical (unpaired) electrons. The number of benzene rings is 4. The maximum absolute atomic E-state index is 13.4. The SMILES string of the molecule is Cc1ccc(S(=O)(=O)N(CC(=O)N/N=C\c2ccc(OCc3ccccc3)cc2)c2cccc(C(F)(F)F)c2)cc1. The van der Waals surface area contributed by atoms with Gasteiger partial charge in [0.15, 0.2) is 0 Å². The van der Waals surface area contributed by atoms with E-state index in [2.05, 4.69) is 10.5 Å². The van der Waals surface area contributed by atoms with E-state index in [4.69, 9.17) is 4.74 Å². The average molecular weight is 582 g/mol. The first kappa shape index (κ1) is 29.3. The van der Waals surface area contributed by atoms with E-state index in [1.165, 1.54) is 24.4 Å². The first-order chi connectivity index (χ1) is 19.5. The molecule has 0 aromatic heterocycles. The molecule has 4 aromatic carbocycles. The van der Waals surface area contributed by atoms with Gasteiger partial charge in [0.25, 0.3) is 15.9 Å². The Morgan fingerprint density at radius 1 is 0.927 bits per heavy atom. The van der Waals surface area contributed by atoms with Crippen molar-refractivity contribution in [3.63, 3.8) is 0 Å². The summed E-state index contributed by atoms with van der Waals surface area (Å²) in [5.41, 5.74) is 3.31. The first-order valence-corrected chi connectivity index (χ1v) is 13.8. The number of rotatable bonds is 10. The molecule has 0 bridgehead atoms. The minimum atomic E-state index is -4.70. The smallest absolute Gasteiger partial charge is 0.416 e. The number of nitrogens with one attached hydrogen (secondary N) is 1. The molecule has 0 aliphatic rings. The fraction of sp³-hybridized carbons (Fsp3) is 0.133. The van der Waals surface area contributed by atoms with Crippen molar-refractivity contribution in [2.45, 2.75) is 24.6 Å². The lowest BCUT2D eigenvalue weighted by Gasteiger charge is -2.24. The summed E-state index contributed by atoms with van der Waals surface area (Å²) in [7, 11) is -4.40. The van der Waals surface area contributed by atoms with E-state index in [9.17, 15) is 26.4 Å². The number of aryl methyl sites for hydroxylation is 1. The third-order valence-corrected chi connectivity index (χ3v) is 7.68. The molecule has 41 heavy (non-hydrogen) atoms. The maximum Gasteiger partial charge on any atom is 0.416 e. The molecule has 4 rings (SSSR count). The molecule has 4 aromatic rings. The molecule has 0 aliphatic carbocycles. The molecule has 0 heterocycles. The highest BCUT2D eigenvalue weighted by Crippen LogP contribution is 2.33. The average Bonchev–Trinajstić information content (AvgIpc) is 2.96. The van der Waals surface area contributed by atoms with Crippen molar-refractivity contribution in [1.82, 2.24) is 5.43 Å². The number of ether oxygens (including phenoxy) is 1. The van der Waals surface area contributed by atoms with Crippen molar-refractivity contribution in [1.29, 1.82) is 0 Å². The zero-order chi connectivity index (χ0) is 29.5. The summed E-state index contributed by atoms with van der Waals surface area (Å²) in [5, 5.41) is 3.87. The lowest BCUT2D eigenvalue weighted by atomic mass is 10.2. The number of sulfonamides is 1. The molecule has 0 fully saturated rings. The van der Waals surface area contributed by atoms with Crippen LogP contribution in [-0.4, -0.2) is 27.1 Å². The van der Waals surface area contributed by atoms with Crippen LogP contribution < -0.4 is 14.5 Å². The standard InChI is InChI=1S/C30H26F3N3O4S/c1-22-10-16-28(17-11-22)41(38,39)36(26-9-5-8-25(18-26)30(31,32)33)20-29(37)35-34-19-23-12-14-27(15-13-23)40-21-24-6-3-2-4-7-24/h2-19H,20-21H2,1H3,(H,35,37)/b34-19-. The zero-order valence-electron chi connectivity index (χ0n) is 21.9. The Balaban J connectivity index is 1.47. The van der Waals surface area contributed by atoms with E-state index in [1.54, 1.807) is 43.3 Å². The largest absolute Gasteiger partial charge is 0.489 e. The van der Waals surface area contributed by atoms with Crippen molar-refractivity contribution in [3.8, 4) is 5.75 Å². The lowest BCUT2D eigenvalue weighted by Crippen LogP contribution is -2.39. The van der Waals surface area contributed by atoms with Crippen LogP contribution in [0.15, 0.2) is 113 Å². The van der Waals surface area contributed by atoms with Gasteiger partial charge in [-0.1, -0.05) is 54.1 Å². The van der Waals surface area contributed by atoms with Gasteiger partial charge in [-0.25, -0.2) is 13.8 Å². The normalized spacial score (nSPS) is 11.8. The minimum Gasteiger partial charge on any atom is -0.489 e. The number of hydrogen-bond donors (Lipinski definition) is 1. The van der Waals surface area contributed by atoms with Crippen molar-refractivity contribution < 1.29 is 31.1 Å². The molecule has 11 heteroatoms. The van der Waals surface area contributed by atoms with E-state index >= 15 is 0 Å². The van der Waals surface area contributed by atoms with Crippen LogP contribution >= 0.6 is 0 Å². The van der Waals surface area contributed by atoms with Gasteiger partial charge in [0.05, 0.1) is 22.4 Å². The van der Waals surface area contributed by atoms with Crippen molar-refractivity contribution in [3.05, 3.63) is 125 Å². The summed E-state index contributed by atoms with van der Waals surface area (Å²) in [4.78, 5) is 12.6. The quantitative estimate of drug-likeness (QED) is 0.186. The highest BCUT2D eigenvalue weighted by molar-refractivity contribution is 7.92. The Kier molecular flexibility index (Phi) is 9.08. The molecular formula is C30H26F3N3O4S. The van der Waals surface area contributed by atoms with Crippen LogP contribution in [0, 0.1) is 6.92 Å². The summed E-state index contributed by atoms with van der Waals surface area (Å²) < 4.78 is 73.3. The van der Waals surface area contributed by atoms with Gasteiger partial charge in [-0.2, -0.15) is 18.3 Å². The zero-order valence-corrected chi connectivity index (χ0v) is 22.7. The Bertz CT molecular complexity index is 1610. The summed E-state index contributed by atoms with van der Waals surface area (Å²) >= 11 is 0. The molecule has 0 aliphatic heterocycles. The Morgan fingerprint density at radius 2 is 1.61 bits per heavy atom. The summed E-state index contributed by atoms with van der Waals surface area (Å²) in [6, 6.07) is 26.1. The highest BCUT2D eigenvalue weighted by atomic mass is 32.2. The van der Waals surface area contributed by atoms with Crippen LogP contribution in [0.4, 0.5) is 18.9 Å². The molecule has 1 N–H and O–H groups in total. The van der Waals surface area contributed by atoms with Crippen molar-refractivity contribution in [2.75, 3.05) is 10.8 Å². The number of alkyl halides is 3. The van der Waals surface area contributed by atoms with Crippen LogP contribution in [0.5, 0.6) is 5.75 Å². The van der Waals surface area contributed by atoms with Crippen LogP contribution in [-0.2, 0) is 27.6 Å². The number of carbonyl (C=O) groups excluding carboxylic acids is 1. The topological polar surface area (TPSA) is 88.1 Å². The fourth-order valence-electron chi connectivity index (χ4n) is 3.73. The molecule has 0 spiro atoms. The molecule has 0 atom stereocenters. The number of anilines is 1. The van der Waals surface area contributed by atoms with Crippen LogP contribution in [0.3, 0.4) is 0 Å². The second kappa shape index (κ2) is 12.7. The van der Waals surface area contributed by atoms with Gasteiger partial charge < -0.3 is 4.74 Å². The monoisotopic (exact) mass is 581 g/mol. The van der Waals surface area contributed by atoms with Gasteiger partial charge in [-0.3, -0.25) is 9.10 Å². The lowest BCUT2D eigenvalue weighted by molar-refractivity contribution is -0.137. The predicted molar refractivity (Wildman–Crippen MR) is 150 cm³/mol. The molecule has 7 nitrogen and oxygen atoms in total. The summed E-state index contributed by atoms with van der Waals surface area (Å²) in [5.74, 6) is -0.217. The second-order valence-electron chi connectivity index (χ2n) is 9.01. The number of nitrogens with zero attached hydrogens (tertiary/aromatic N) is 2. The molecule has 0 unspecified atom stereocenters. The third-order valence-electron chi connectivity index (χ3n) is 5.89. The first-order valence-electron chi connectivity index (χ1n) is 12.4. The number of halogens is 3. The van der Waals surface area contributed by atoms with Crippen molar-refractivity contribution >= 4 is 27.8 Å². The number of amides is 1. The second-order valence-corrected chi connectivity index (χ2v) is 10.9. The third kappa shape index (κ3) is 7.95. The molecular weight excluding hydrogens is 555 g/mol. The number of carbonyl (C=O) groups is 1.